The monoisotopic (exact) mass is 391 g/mol. The molecule has 0 saturated carbocycles. The molecule has 1 amide bonds. The van der Waals surface area contributed by atoms with Crippen molar-refractivity contribution in [3.05, 3.63) is 16.7 Å². The molecule has 0 aliphatic carbocycles. The van der Waals surface area contributed by atoms with E-state index in [9.17, 15) is 29.7 Å². The molecule has 7 nitrogen and oxygen atoms in total. The highest BCUT2D eigenvalue weighted by molar-refractivity contribution is 6.09. The van der Waals surface area contributed by atoms with Gasteiger partial charge < -0.3 is 20.2 Å². The zero-order valence-electron chi connectivity index (χ0n) is 16.6. The zero-order valence-corrected chi connectivity index (χ0v) is 16.6. The first-order valence-electron chi connectivity index (χ1n) is 9.97. The number of likely N-dealkylation sites (tertiary alicyclic amines) is 1. The summed E-state index contributed by atoms with van der Waals surface area (Å²) in [5.41, 5.74) is -0.764. The minimum absolute atomic E-state index is 0.0630. The van der Waals surface area contributed by atoms with E-state index in [2.05, 4.69) is 0 Å². The van der Waals surface area contributed by atoms with Crippen molar-refractivity contribution in [2.45, 2.75) is 71.8 Å². The van der Waals surface area contributed by atoms with Gasteiger partial charge in [-0.3, -0.25) is 14.4 Å². The number of rotatable bonds is 8. The molecule has 0 spiro atoms. The molecule has 0 bridgehead atoms. The van der Waals surface area contributed by atoms with Crippen LogP contribution in [-0.4, -0.2) is 44.2 Å². The normalized spacial score (nSPS) is 14.8. The summed E-state index contributed by atoms with van der Waals surface area (Å²) < 4.78 is 0. The minimum Gasteiger partial charge on any atom is -0.507 e. The average molecular weight is 391 g/mol. The van der Waals surface area contributed by atoms with Gasteiger partial charge in [-0.25, -0.2) is 0 Å². The Morgan fingerprint density at radius 2 is 1.39 bits per heavy atom. The van der Waals surface area contributed by atoms with Crippen LogP contribution >= 0.6 is 0 Å². The summed E-state index contributed by atoms with van der Waals surface area (Å²) >= 11 is 0. The van der Waals surface area contributed by atoms with Crippen LogP contribution in [0.4, 0.5) is 0 Å². The molecular weight excluding hydrogens is 362 g/mol. The molecule has 2 rings (SSSR count). The van der Waals surface area contributed by atoms with E-state index in [0.717, 1.165) is 19.3 Å². The maximum Gasteiger partial charge on any atom is 0.222 e. The summed E-state index contributed by atoms with van der Waals surface area (Å²) in [6.07, 6.45) is 4.02. The molecule has 3 N–H and O–H groups in total. The number of amides is 1. The van der Waals surface area contributed by atoms with Crippen molar-refractivity contribution in [3.63, 3.8) is 0 Å². The molecule has 28 heavy (non-hydrogen) atoms. The van der Waals surface area contributed by atoms with Crippen molar-refractivity contribution in [2.24, 2.45) is 0 Å². The fourth-order valence-corrected chi connectivity index (χ4v) is 3.54. The van der Waals surface area contributed by atoms with Crippen molar-refractivity contribution in [1.29, 1.82) is 0 Å². The van der Waals surface area contributed by atoms with Crippen LogP contribution < -0.4 is 0 Å². The maximum absolute atomic E-state index is 12.5. The van der Waals surface area contributed by atoms with E-state index >= 15 is 0 Å². The van der Waals surface area contributed by atoms with Crippen molar-refractivity contribution in [3.8, 4) is 17.2 Å². The second-order valence-corrected chi connectivity index (χ2v) is 7.25. The Balaban J connectivity index is 2.60. The lowest BCUT2D eigenvalue weighted by Crippen LogP contribution is -2.30. The van der Waals surface area contributed by atoms with Crippen LogP contribution in [0.25, 0.3) is 0 Å². The molecule has 0 unspecified atom stereocenters. The third kappa shape index (κ3) is 4.46. The molecule has 0 atom stereocenters. The molecular formula is C21H29NO6. The van der Waals surface area contributed by atoms with E-state index in [-0.39, 0.29) is 42.0 Å². The SMILES string of the molecule is CCCC(=O)c1c(O)c(CN2CCCCCC2=O)c(O)c(C(=O)CCC)c1O. The number of benzene rings is 1. The highest BCUT2D eigenvalue weighted by atomic mass is 16.3. The molecule has 1 fully saturated rings. The highest BCUT2D eigenvalue weighted by Gasteiger charge is 2.31. The number of phenolic OH excluding ortho intramolecular Hbond substituents is 3. The summed E-state index contributed by atoms with van der Waals surface area (Å²) in [7, 11) is 0. The third-order valence-electron chi connectivity index (χ3n) is 5.05. The largest absolute Gasteiger partial charge is 0.507 e. The van der Waals surface area contributed by atoms with Crippen LogP contribution in [0.15, 0.2) is 0 Å². The zero-order chi connectivity index (χ0) is 20.8. The topological polar surface area (TPSA) is 115 Å². The van der Waals surface area contributed by atoms with Crippen molar-refractivity contribution >= 4 is 17.5 Å². The first kappa shape index (κ1) is 21.7. The standard InChI is InChI=1S/C21H29NO6/c1-3-8-14(23)17-19(26)13(12-22-11-7-5-6-10-16(22)25)20(27)18(21(17)28)15(24)9-4-2/h26-28H,3-12H2,1-2H3. The Labute approximate surface area is 165 Å². The van der Waals surface area contributed by atoms with Crippen LogP contribution in [0.2, 0.25) is 0 Å². The predicted molar refractivity (Wildman–Crippen MR) is 104 cm³/mol. The number of Topliss-reactive ketones (excluding diaryl/α,β-unsaturated/α-hetero) is 2. The van der Waals surface area contributed by atoms with E-state index in [0.29, 0.717) is 25.8 Å². The predicted octanol–water partition coefficient (Wildman–Crippen LogP) is 3.67. The molecule has 1 saturated heterocycles. The minimum atomic E-state index is -0.683. The van der Waals surface area contributed by atoms with Gasteiger partial charge in [-0.05, 0) is 25.7 Å². The van der Waals surface area contributed by atoms with Crippen LogP contribution in [-0.2, 0) is 11.3 Å². The Bertz CT molecular complexity index is 726. The summed E-state index contributed by atoms with van der Waals surface area (Å²) in [4.78, 5) is 38.8. The van der Waals surface area contributed by atoms with E-state index in [4.69, 9.17) is 0 Å². The number of hydrogen-bond acceptors (Lipinski definition) is 6. The lowest BCUT2D eigenvalue weighted by molar-refractivity contribution is -0.131. The first-order chi connectivity index (χ1) is 13.3. The maximum atomic E-state index is 12.5. The second-order valence-electron chi connectivity index (χ2n) is 7.25. The van der Waals surface area contributed by atoms with Gasteiger partial charge in [0.25, 0.3) is 0 Å². The lowest BCUT2D eigenvalue weighted by atomic mass is 9.92. The highest BCUT2D eigenvalue weighted by Crippen LogP contribution is 2.44. The van der Waals surface area contributed by atoms with Gasteiger partial charge in [-0.2, -0.15) is 0 Å². The second kappa shape index (κ2) is 9.57. The van der Waals surface area contributed by atoms with Crippen molar-refractivity contribution in [2.75, 3.05) is 6.54 Å². The van der Waals surface area contributed by atoms with Gasteiger partial charge in [-0.1, -0.05) is 20.3 Å². The Kier molecular flexibility index (Phi) is 7.43. The molecule has 0 radical (unpaired) electrons. The lowest BCUT2D eigenvalue weighted by Gasteiger charge is -2.24. The van der Waals surface area contributed by atoms with Crippen LogP contribution in [0.5, 0.6) is 17.2 Å². The number of hydrogen-bond donors (Lipinski definition) is 3. The van der Waals surface area contributed by atoms with Crippen LogP contribution in [0, 0.1) is 0 Å². The van der Waals surface area contributed by atoms with Crippen molar-refractivity contribution < 1.29 is 29.7 Å². The van der Waals surface area contributed by atoms with Gasteiger partial charge in [0.2, 0.25) is 5.91 Å². The molecule has 0 aromatic heterocycles. The number of carbonyl (C=O) groups is 3. The molecule has 1 aromatic rings. The molecule has 1 aromatic carbocycles. The number of aromatic hydroxyl groups is 3. The number of phenols is 3. The van der Waals surface area contributed by atoms with E-state index < -0.39 is 28.8 Å². The van der Waals surface area contributed by atoms with Gasteiger partial charge in [-0.15, -0.1) is 0 Å². The first-order valence-corrected chi connectivity index (χ1v) is 9.97. The quantitative estimate of drug-likeness (QED) is 0.582. The number of nitrogens with zero attached hydrogens (tertiary/aromatic N) is 1. The van der Waals surface area contributed by atoms with E-state index in [1.807, 2.05) is 0 Å². The smallest absolute Gasteiger partial charge is 0.222 e. The molecule has 1 aliphatic rings. The summed E-state index contributed by atoms with van der Waals surface area (Å²) in [6.45, 7) is 3.92. The molecule has 7 heteroatoms. The molecule has 1 aliphatic heterocycles. The summed E-state index contributed by atoms with van der Waals surface area (Å²) in [5.74, 6) is -2.92. The molecule has 154 valence electrons. The molecule has 1 heterocycles. The Morgan fingerprint density at radius 3 is 1.89 bits per heavy atom. The summed E-state index contributed by atoms with van der Waals surface area (Å²) in [6, 6.07) is 0. The Morgan fingerprint density at radius 1 is 0.857 bits per heavy atom. The van der Waals surface area contributed by atoms with Crippen LogP contribution in [0.1, 0.15) is 91.5 Å². The summed E-state index contributed by atoms with van der Waals surface area (Å²) in [5, 5.41) is 31.9. The third-order valence-corrected chi connectivity index (χ3v) is 5.05. The van der Waals surface area contributed by atoms with E-state index in [1.165, 1.54) is 4.90 Å². The van der Waals surface area contributed by atoms with Crippen molar-refractivity contribution in [1.82, 2.24) is 4.90 Å². The fourth-order valence-electron chi connectivity index (χ4n) is 3.54. The fraction of sp³-hybridized carbons (Fsp3) is 0.571. The Hall–Kier alpha value is -2.57. The van der Waals surface area contributed by atoms with Gasteiger partial charge in [0.05, 0.1) is 12.1 Å². The van der Waals surface area contributed by atoms with E-state index in [1.54, 1.807) is 13.8 Å². The van der Waals surface area contributed by atoms with Gasteiger partial charge in [0.15, 0.2) is 11.6 Å². The van der Waals surface area contributed by atoms with Gasteiger partial charge >= 0.3 is 0 Å². The van der Waals surface area contributed by atoms with Gasteiger partial charge in [0.1, 0.15) is 28.4 Å². The van der Waals surface area contributed by atoms with Crippen LogP contribution in [0.3, 0.4) is 0 Å². The van der Waals surface area contributed by atoms with Gasteiger partial charge in [0, 0.05) is 25.8 Å². The average Bonchev–Trinajstić information content (AvgIpc) is 2.83. The number of carbonyl (C=O) groups excluding carboxylic acids is 3. The number of ketones is 2.